The Labute approximate surface area is 85.5 Å². The monoisotopic (exact) mass is 218 g/mol. The van der Waals surface area contributed by atoms with Crippen molar-refractivity contribution in [2.45, 2.75) is 44.0 Å². The molecule has 14 heavy (non-hydrogen) atoms. The molecule has 2 atom stereocenters. The summed E-state index contributed by atoms with van der Waals surface area (Å²) in [5, 5.41) is -0.126. The number of rotatable bonds is 2. The van der Waals surface area contributed by atoms with Gasteiger partial charge in [-0.3, -0.25) is 0 Å². The first-order chi connectivity index (χ1) is 6.53. The van der Waals surface area contributed by atoms with Crippen LogP contribution in [-0.2, 0) is 10.0 Å². The van der Waals surface area contributed by atoms with Crippen molar-refractivity contribution in [1.29, 1.82) is 0 Å². The Morgan fingerprint density at radius 3 is 2.50 bits per heavy atom. The van der Waals surface area contributed by atoms with Crippen LogP contribution in [0.5, 0.6) is 0 Å². The van der Waals surface area contributed by atoms with Crippen molar-refractivity contribution in [2.75, 3.05) is 6.54 Å². The van der Waals surface area contributed by atoms with Crippen LogP contribution in [0.3, 0.4) is 0 Å². The number of piperidine rings is 1. The van der Waals surface area contributed by atoms with Crippen molar-refractivity contribution in [3.63, 3.8) is 0 Å². The summed E-state index contributed by atoms with van der Waals surface area (Å²) in [5.74, 6) is 0.289. The van der Waals surface area contributed by atoms with E-state index in [-0.39, 0.29) is 17.3 Å². The highest BCUT2D eigenvalue weighted by atomic mass is 32.2. The molecule has 0 aromatic heterocycles. The van der Waals surface area contributed by atoms with E-state index in [9.17, 15) is 8.42 Å². The zero-order chi connectivity index (χ0) is 10.3. The Morgan fingerprint density at radius 2 is 1.93 bits per heavy atom. The molecule has 2 fully saturated rings. The number of sulfonamides is 1. The Bertz CT molecular complexity index is 311. The maximum Gasteiger partial charge on any atom is 0.218 e. The summed E-state index contributed by atoms with van der Waals surface area (Å²) < 4.78 is 25.4. The third-order valence-corrected chi connectivity index (χ3v) is 5.62. The lowest BCUT2D eigenvalue weighted by Crippen LogP contribution is -2.53. The normalized spacial score (nSPS) is 35.9. The number of hydrogen-bond acceptors (Lipinski definition) is 3. The smallest absolute Gasteiger partial charge is 0.218 e. The average Bonchev–Trinajstić information content (AvgIpc) is 2.92. The van der Waals surface area contributed by atoms with Crippen LogP contribution >= 0.6 is 0 Å². The third kappa shape index (κ3) is 1.68. The van der Waals surface area contributed by atoms with Crippen LogP contribution in [0.15, 0.2) is 0 Å². The van der Waals surface area contributed by atoms with E-state index in [0.717, 1.165) is 25.7 Å². The van der Waals surface area contributed by atoms with Crippen LogP contribution in [0.1, 0.15) is 32.6 Å². The molecule has 4 nitrogen and oxygen atoms in total. The first-order valence-electron chi connectivity index (χ1n) is 5.29. The molecule has 82 valence electrons. The number of hydrogen-bond donors (Lipinski definition) is 1. The van der Waals surface area contributed by atoms with Crippen molar-refractivity contribution in [1.82, 2.24) is 4.31 Å². The molecule has 0 radical (unpaired) electrons. The molecule has 2 aliphatic rings. The van der Waals surface area contributed by atoms with Crippen LogP contribution in [0.2, 0.25) is 0 Å². The van der Waals surface area contributed by atoms with E-state index in [1.807, 2.05) is 6.92 Å². The Kier molecular flexibility index (Phi) is 2.57. The molecule has 5 heteroatoms. The summed E-state index contributed by atoms with van der Waals surface area (Å²) in [6, 6.07) is 0. The fourth-order valence-electron chi connectivity index (χ4n) is 2.03. The maximum absolute atomic E-state index is 11.9. The molecule has 1 heterocycles. The van der Waals surface area contributed by atoms with Crippen molar-refractivity contribution >= 4 is 10.0 Å². The minimum Gasteiger partial charge on any atom is -0.315 e. The molecular weight excluding hydrogens is 200 g/mol. The van der Waals surface area contributed by atoms with Crippen LogP contribution in [0.25, 0.3) is 0 Å². The van der Waals surface area contributed by atoms with Gasteiger partial charge < -0.3 is 5.73 Å². The Morgan fingerprint density at radius 1 is 1.29 bits per heavy atom. The molecule has 1 saturated carbocycles. The summed E-state index contributed by atoms with van der Waals surface area (Å²) in [6.07, 6.45) is 3.33. The topological polar surface area (TPSA) is 63.4 Å². The second kappa shape index (κ2) is 3.47. The molecule has 1 aliphatic carbocycles. The molecule has 1 saturated heterocycles. The predicted octanol–water partition coefficient (Wildman–Crippen LogP) is 0.495. The molecule has 2 unspecified atom stereocenters. The van der Waals surface area contributed by atoms with Gasteiger partial charge in [0.05, 0.1) is 11.4 Å². The lowest BCUT2D eigenvalue weighted by Gasteiger charge is -2.36. The SMILES string of the molecule is CC1CCCN(S(=O)(=O)C2CC2)C1N. The molecule has 0 aromatic rings. The fourth-order valence-corrected chi connectivity index (χ4v) is 4.07. The van der Waals surface area contributed by atoms with E-state index in [4.69, 9.17) is 5.73 Å². The van der Waals surface area contributed by atoms with Gasteiger partial charge in [-0.15, -0.1) is 0 Å². The molecule has 2 N–H and O–H groups in total. The number of nitrogens with zero attached hydrogens (tertiary/aromatic N) is 1. The van der Waals surface area contributed by atoms with Gasteiger partial charge in [0.1, 0.15) is 0 Å². The van der Waals surface area contributed by atoms with Crippen molar-refractivity contribution < 1.29 is 8.42 Å². The van der Waals surface area contributed by atoms with E-state index < -0.39 is 10.0 Å². The van der Waals surface area contributed by atoms with E-state index in [0.29, 0.717) is 6.54 Å². The molecule has 0 bridgehead atoms. The molecule has 0 aromatic carbocycles. The van der Waals surface area contributed by atoms with E-state index >= 15 is 0 Å². The van der Waals surface area contributed by atoms with Crippen molar-refractivity contribution in [3.8, 4) is 0 Å². The molecule has 0 spiro atoms. The quantitative estimate of drug-likeness (QED) is 0.734. The first kappa shape index (κ1) is 10.4. The highest BCUT2D eigenvalue weighted by Crippen LogP contribution is 2.34. The highest BCUT2D eigenvalue weighted by Gasteiger charge is 2.43. The van der Waals surface area contributed by atoms with Gasteiger partial charge in [-0.25, -0.2) is 8.42 Å². The standard InChI is InChI=1S/C9H18N2O2S/c1-7-3-2-6-11(9(7)10)14(12,13)8-4-5-8/h7-9H,2-6,10H2,1H3. The van der Waals surface area contributed by atoms with Gasteiger partial charge in [0.2, 0.25) is 10.0 Å². The van der Waals surface area contributed by atoms with Gasteiger partial charge in [-0.05, 0) is 31.6 Å². The summed E-state index contributed by atoms with van der Waals surface area (Å²) in [7, 11) is -3.06. The fraction of sp³-hybridized carbons (Fsp3) is 1.00. The number of nitrogens with two attached hydrogens (primary N) is 1. The second-order valence-corrected chi connectivity index (χ2v) is 6.63. The summed E-state index contributed by atoms with van der Waals surface area (Å²) in [5.41, 5.74) is 5.92. The van der Waals surface area contributed by atoms with Crippen LogP contribution in [-0.4, -0.2) is 30.7 Å². The lowest BCUT2D eigenvalue weighted by molar-refractivity contribution is 0.192. The third-order valence-electron chi connectivity index (χ3n) is 3.23. The average molecular weight is 218 g/mol. The molecular formula is C9H18N2O2S. The maximum atomic E-state index is 11.9. The minimum absolute atomic E-state index is 0.126. The largest absolute Gasteiger partial charge is 0.315 e. The van der Waals surface area contributed by atoms with Gasteiger partial charge in [-0.1, -0.05) is 6.92 Å². The van der Waals surface area contributed by atoms with Crippen LogP contribution < -0.4 is 5.73 Å². The van der Waals surface area contributed by atoms with Crippen LogP contribution in [0.4, 0.5) is 0 Å². The summed E-state index contributed by atoms with van der Waals surface area (Å²) in [4.78, 5) is 0. The Balaban J connectivity index is 2.16. The lowest BCUT2D eigenvalue weighted by atomic mass is 9.99. The molecule has 1 aliphatic heterocycles. The highest BCUT2D eigenvalue weighted by molar-refractivity contribution is 7.90. The van der Waals surface area contributed by atoms with E-state index in [1.54, 1.807) is 0 Å². The van der Waals surface area contributed by atoms with Gasteiger partial charge in [0, 0.05) is 6.54 Å². The predicted molar refractivity (Wildman–Crippen MR) is 55.0 cm³/mol. The van der Waals surface area contributed by atoms with Gasteiger partial charge >= 0.3 is 0 Å². The summed E-state index contributed by atoms with van der Waals surface area (Å²) in [6.45, 7) is 2.64. The van der Waals surface area contributed by atoms with Gasteiger partial charge in [-0.2, -0.15) is 4.31 Å². The molecule has 2 rings (SSSR count). The Hall–Kier alpha value is -0.130. The summed E-state index contributed by atoms with van der Waals surface area (Å²) >= 11 is 0. The van der Waals surface area contributed by atoms with Gasteiger partial charge in [0.15, 0.2) is 0 Å². The van der Waals surface area contributed by atoms with Gasteiger partial charge in [0.25, 0.3) is 0 Å². The van der Waals surface area contributed by atoms with Crippen LogP contribution in [0, 0.1) is 5.92 Å². The van der Waals surface area contributed by atoms with Crippen molar-refractivity contribution in [3.05, 3.63) is 0 Å². The minimum atomic E-state index is -3.06. The zero-order valence-corrected chi connectivity index (χ0v) is 9.33. The van der Waals surface area contributed by atoms with E-state index in [1.165, 1.54) is 4.31 Å². The second-order valence-electron chi connectivity index (χ2n) is 4.47. The van der Waals surface area contributed by atoms with E-state index in [2.05, 4.69) is 0 Å². The van der Waals surface area contributed by atoms with Crippen molar-refractivity contribution in [2.24, 2.45) is 11.7 Å². The zero-order valence-electron chi connectivity index (χ0n) is 8.52. The first-order valence-corrected chi connectivity index (χ1v) is 6.80. The molecule has 0 amide bonds.